The Morgan fingerprint density at radius 2 is 2.17 bits per heavy atom. The molecule has 1 aromatic carbocycles. The summed E-state index contributed by atoms with van der Waals surface area (Å²) in [5.74, 6) is 0. The molecule has 2 unspecified atom stereocenters. The minimum Gasteiger partial charge on any atom is -0.397 e. The van der Waals surface area contributed by atoms with E-state index in [0.717, 1.165) is 18.7 Å². The zero-order valence-corrected chi connectivity index (χ0v) is 10.4. The van der Waals surface area contributed by atoms with Gasteiger partial charge in [-0.3, -0.25) is 0 Å². The molecule has 0 bridgehead atoms. The number of nitrogens with zero attached hydrogens (tertiary/aromatic N) is 2. The minimum absolute atomic E-state index is 0.109. The summed E-state index contributed by atoms with van der Waals surface area (Å²) in [5.41, 5.74) is 8.41. The molecule has 18 heavy (non-hydrogen) atoms. The second kappa shape index (κ2) is 3.84. The summed E-state index contributed by atoms with van der Waals surface area (Å²) in [6.07, 6.45) is 1.09. The molecule has 2 atom stereocenters. The Morgan fingerprint density at radius 3 is 2.89 bits per heavy atom. The van der Waals surface area contributed by atoms with Crippen molar-refractivity contribution in [1.82, 2.24) is 10.3 Å². The van der Waals surface area contributed by atoms with E-state index in [1.165, 1.54) is 0 Å². The Kier molecular flexibility index (Phi) is 2.41. The van der Waals surface area contributed by atoms with Crippen LogP contribution in [0.2, 0.25) is 0 Å². The Hall–Kier alpha value is -1.82. The van der Waals surface area contributed by atoms with Crippen molar-refractivity contribution in [1.29, 1.82) is 0 Å². The summed E-state index contributed by atoms with van der Waals surface area (Å²) in [6, 6.07) is 3.71. The van der Waals surface area contributed by atoms with E-state index in [4.69, 9.17) is 15.1 Å². The number of nitrogen functional groups attached to an aromatic ring is 1. The SMILES string of the molecule is CC1OCCC1(C)Nc1ccc(N)c2nonc12. The lowest BCUT2D eigenvalue weighted by atomic mass is 9.94. The maximum Gasteiger partial charge on any atom is 0.160 e. The molecule has 96 valence electrons. The number of aromatic nitrogens is 2. The smallest absolute Gasteiger partial charge is 0.160 e. The highest BCUT2D eigenvalue weighted by Gasteiger charge is 2.37. The van der Waals surface area contributed by atoms with Gasteiger partial charge in [0.05, 0.1) is 23.0 Å². The largest absolute Gasteiger partial charge is 0.397 e. The van der Waals surface area contributed by atoms with E-state index in [1.54, 1.807) is 6.07 Å². The molecular weight excluding hydrogens is 232 g/mol. The predicted octanol–water partition coefficient (Wildman–Crippen LogP) is 1.78. The fourth-order valence-electron chi connectivity index (χ4n) is 2.29. The molecule has 3 N–H and O–H groups in total. The first-order valence-electron chi connectivity index (χ1n) is 6.01. The third-order valence-corrected chi connectivity index (χ3v) is 3.75. The van der Waals surface area contributed by atoms with Gasteiger partial charge in [-0.05, 0) is 42.7 Å². The zero-order valence-electron chi connectivity index (χ0n) is 10.4. The van der Waals surface area contributed by atoms with E-state index in [1.807, 2.05) is 6.07 Å². The van der Waals surface area contributed by atoms with E-state index < -0.39 is 0 Å². The number of benzene rings is 1. The maximum atomic E-state index is 5.82. The molecule has 2 aromatic rings. The van der Waals surface area contributed by atoms with Gasteiger partial charge in [-0.2, -0.15) is 0 Å². The first kappa shape index (κ1) is 11.3. The lowest BCUT2D eigenvalue weighted by Crippen LogP contribution is -2.41. The molecule has 1 fully saturated rings. The quantitative estimate of drug-likeness (QED) is 0.788. The number of fused-ring (bicyclic) bond motifs is 1. The van der Waals surface area contributed by atoms with E-state index in [0.29, 0.717) is 16.7 Å². The third-order valence-electron chi connectivity index (χ3n) is 3.75. The van der Waals surface area contributed by atoms with Crippen LogP contribution in [0.5, 0.6) is 0 Å². The zero-order chi connectivity index (χ0) is 12.8. The average Bonchev–Trinajstić information content (AvgIpc) is 2.93. The van der Waals surface area contributed by atoms with Gasteiger partial charge in [-0.1, -0.05) is 0 Å². The first-order chi connectivity index (χ1) is 8.60. The summed E-state index contributed by atoms with van der Waals surface area (Å²) in [4.78, 5) is 0. The lowest BCUT2D eigenvalue weighted by Gasteiger charge is -2.30. The second-order valence-corrected chi connectivity index (χ2v) is 4.97. The second-order valence-electron chi connectivity index (χ2n) is 4.97. The van der Waals surface area contributed by atoms with Crippen LogP contribution < -0.4 is 11.1 Å². The molecule has 0 radical (unpaired) electrons. The van der Waals surface area contributed by atoms with E-state index in [2.05, 4.69) is 29.5 Å². The van der Waals surface area contributed by atoms with Crippen molar-refractivity contribution in [2.24, 2.45) is 0 Å². The minimum atomic E-state index is -0.109. The number of rotatable bonds is 2. The van der Waals surface area contributed by atoms with Gasteiger partial charge in [-0.25, -0.2) is 4.63 Å². The highest BCUT2D eigenvalue weighted by atomic mass is 16.6. The Morgan fingerprint density at radius 1 is 1.39 bits per heavy atom. The molecule has 1 saturated heterocycles. The van der Waals surface area contributed by atoms with Gasteiger partial charge in [0.2, 0.25) is 0 Å². The van der Waals surface area contributed by atoms with Crippen molar-refractivity contribution < 1.29 is 9.37 Å². The summed E-state index contributed by atoms with van der Waals surface area (Å²) in [5, 5.41) is 11.2. The molecule has 1 aliphatic heterocycles. The molecule has 0 spiro atoms. The number of anilines is 2. The third kappa shape index (κ3) is 1.60. The van der Waals surface area contributed by atoms with E-state index >= 15 is 0 Å². The van der Waals surface area contributed by atoms with Crippen LogP contribution in [0.3, 0.4) is 0 Å². The van der Waals surface area contributed by atoms with Gasteiger partial charge in [0.15, 0.2) is 11.0 Å². The van der Waals surface area contributed by atoms with Crippen molar-refractivity contribution in [2.75, 3.05) is 17.7 Å². The van der Waals surface area contributed by atoms with E-state index in [9.17, 15) is 0 Å². The van der Waals surface area contributed by atoms with Gasteiger partial charge < -0.3 is 15.8 Å². The predicted molar refractivity (Wildman–Crippen MR) is 68.3 cm³/mol. The normalized spacial score (nSPS) is 27.8. The highest BCUT2D eigenvalue weighted by molar-refractivity contribution is 5.95. The van der Waals surface area contributed by atoms with Crippen LogP contribution in [0.15, 0.2) is 16.8 Å². The van der Waals surface area contributed by atoms with Crippen LogP contribution in [0, 0.1) is 0 Å². The fourth-order valence-corrected chi connectivity index (χ4v) is 2.29. The number of nitrogens with one attached hydrogen (secondary N) is 1. The summed E-state index contributed by atoms with van der Waals surface area (Å²) in [7, 11) is 0. The first-order valence-corrected chi connectivity index (χ1v) is 6.01. The van der Waals surface area contributed by atoms with Gasteiger partial charge in [-0.15, -0.1) is 0 Å². The maximum absolute atomic E-state index is 5.82. The molecule has 2 heterocycles. The Bertz CT molecular complexity index is 582. The average molecular weight is 248 g/mol. The summed E-state index contributed by atoms with van der Waals surface area (Å²) < 4.78 is 10.4. The number of ether oxygens (including phenoxy) is 1. The van der Waals surface area contributed by atoms with Crippen LogP contribution in [-0.4, -0.2) is 28.6 Å². The molecular formula is C12H16N4O2. The number of nitrogens with two attached hydrogens (primary N) is 1. The van der Waals surface area contributed by atoms with Crippen molar-refractivity contribution in [3.05, 3.63) is 12.1 Å². The van der Waals surface area contributed by atoms with Gasteiger partial charge in [0, 0.05) is 6.61 Å². The van der Waals surface area contributed by atoms with Crippen LogP contribution >= 0.6 is 0 Å². The van der Waals surface area contributed by atoms with Crippen molar-refractivity contribution >= 4 is 22.4 Å². The molecule has 0 amide bonds. The standard InChI is InChI=1S/C12H16N4O2/c1-7-12(2,5-6-17-7)14-9-4-3-8(13)10-11(9)16-18-15-10/h3-4,7,14H,5-6,13H2,1-2H3. The van der Waals surface area contributed by atoms with Crippen LogP contribution in [0.1, 0.15) is 20.3 Å². The summed E-state index contributed by atoms with van der Waals surface area (Å²) >= 11 is 0. The van der Waals surface area contributed by atoms with Crippen LogP contribution in [0.4, 0.5) is 11.4 Å². The summed E-state index contributed by atoms with van der Waals surface area (Å²) in [6.45, 7) is 4.97. The topological polar surface area (TPSA) is 86.2 Å². The fraction of sp³-hybridized carbons (Fsp3) is 0.500. The van der Waals surface area contributed by atoms with Gasteiger partial charge >= 0.3 is 0 Å². The highest BCUT2D eigenvalue weighted by Crippen LogP contribution is 2.33. The molecule has 0 aliphatic carbocycles. The number of hydrogen-bond donors (Lipinski definition) is 2. The molecule has 6 heteroatoms. The van der Waals surface area contributed by atoms with Gasteiger partial charge in [0.1, 0.15) is 0 Å². The molecule has 3 rings (SSSR count). The monoisotopic (exact) mass is 248 g/mol. The van der Waals surface area contributed by atoms with Crippen LogP contribution in [-0.2, 0) is 4.74 Å². The molecule has 1 aliphatic rings. The van der Waals surface area contributed by atoms with Gasteiger partial charge in [0.25, 0.3) is 0 Å². The van der Waals surface area contributed by atoms with Crippen molar-refractivity contribution in [3.8, 4) is 0 Å². The van der Waals surface area contributed by atoms with Crippen LogP contribution in [0.25, 0.3) is 11.0 Å². The molecule has 1 aromatic heterocycles. The van der Waals surface area contributed by atoms with Crippen molar-refractivity contribution in [2.45, 2.75) is 31.9 Å². The molecule has 6 nitrogen and oxygen atoms in total. The Labute approximate surface area is 104 Å². The van der Waals surface area contributed by atoms with Crippen molar-refractivity contribution in [3.63, 3.8) is 0 Å². The Balaban J connectivity index is 2.00. The van der Waals surface area contributed by atoms with E-state index in [-0.39, 0.29) is 11.6 Å². The lowest BCUT2D eigenvalue weighted by molar-refractivity contribution is 0.105. The molecule has 0 saturated carbocycles. The number of hydrogen-bond acceptors (Lipinski definition) is 6.